The van der Waals surface area contributed by atoms with Gasteiger partial charge in [-0.15, -0.1) is 0 Å². The van der Waals surface area contributed by atoms with E-state index in [1.165, 1.54) is 12.0 Å². The fourth-order valence-corrected chi connectivity index (χ4v) is 4.14. The number of carbonyl (C=O) groups is 1. The molecule has 0 aromatic carbocycles. The molecule has 8 nitrogen and oxygen atoms in total. The monoisotopic (exact) mass is 440 g/mol. The van der Waals surface area contributed by atoms with Crippen molar-refractivity contribution in [1.82, 2.24) is 15.0 Å². The number of hydrogen-bond acceptors (Lipinski definition) is 6. The zero-order chi connectivity index (χ0) is 21.8. The highest BCUT2D eigenvalue weighted by atomic mass is 32.2. The first-order valence-corrected chi connectivity index (χ1v) is 12.9. The van der Waals surface area contributed by atoms with Gasteiger partial charge in [-0.3, -0.25) is 4.79 Å². The predicted molar refractivity (Wildman–Crippen MR) is 119 cm³/mol. The first kappa shape index (κ1) is 24.6. The number of aryl methyl sites for hydroxylation is 2. The smallest absolute Gasteiger partial charge is 0.320 e. The van der Waals surface area contributed by atoms with E-state index in [1.807, 2.05) is 0 Å². The standard InChI is InChI=1S/C21H36N4O4S/c1-30(28,29)24-16-8-15-22-19(21(26)27)11-6-4-2-3-5-10-18-13-12-17-9-7-14-23-20(17)25-18/h12-13,19,22,24H,2-11,14-16H2,1H3,(H,23,25)(H,26,27). The molecule has 0 bridgehead atoms. The number of carboxylic acids is 1. The van der Waals surface area contributed by atoms with Crippen LogP contribution in [0.25, 0.3) is 0 Å². The molecule has 4 N–H and O–H groups in total. The first-order chi connectivity index (χ1) is 14.3. The van der Waals surface area contributed by atoms with Gasteiger partial charge in [0.1, 0.15) is 11.9 Å². The fraction of sp³-hybridized carbons (Fsp3) is 0.714. The molecule has 0 radical (unpaired) electrons. The summed E-state index contributed by atoms with van der Waals surface area (Å²) in [6.07, 6.45) is 10.7. The van der Waals surface area contributed by atoms with Gasteiger partial charge in [0.25, 0.3) is 0 Å². The van der Waals surface area contributed by atoms with E-state index in [2.05, 4.69) is 27.5 Å². The van der Waals surface area contributed by atoms with Crippen LogP contribution in [0.2, 0.25) is 0 Å². The summed E-state index contributed by atoms with van der Waals surface area (Å²) in [7, 11) is -3.19. The molecule has 1 aliphatic rings. The van der Waals surface area contributed by atoms with Crippen molar-refractivity contribution < 1.29 is 18.3 Å². The zero-order valence-electron chi connectivity index (χ0n) is 18.0. The van der Waals surface area contributed by atoms with E-state index in [9.17, 15) is 18.3 Å². The summed E-state index contributed by atoms with van der Waals surface area (Å²) in [6, 6.07) is 3.76. The van der Waals surface area contributed by atoms with Gasteiger partial charge in [-0.1, -0.05) is 31.7 Å². The molecule has 0 saturated carbocycles. The number of nitrogens with zero attached hydrogens (tertiary/aromatic N) is 1. The maximum Gasteiger partial charge on any atom is 0.320 e. The second kappa shape index (κ2) is 12.9. The normalized spacial score (nSPS) is 14.7. The molecule has 0 fully saturated rings. The van der Waals surface area contributed by atoms with E-state index in [0.717, 1.165) is 69.3 Å². The van der Waals surface area contributed by atoms with Crippen molar-refractivity contribution in [2.75, 3.05) is 31.2 Å². The molecule has 0 saturated heterocycles. The van der Waals surface area contributed by atoms with Gasteiger partial charge in [0.15, 0.2) is 0 Å². The van der Waals surface area contributed by atoms with E-state index in [4.69, 9.17) is 4.98 Å². The minimum absolute atomic E-state index is 0.313. The zero-order valence-corrected chi connectivity index (χ0v) is 18.8. The van der Waals surface area contributed by atoms with Gasteiger partial charge in [0.2, 0.25) is 10.0 Å². The van der Waals surface area contributed by atoms with Crippen molar-refractivity contribution in [3.63, 3.8) is 0 Å². The van der Waals surface area contributed by atoms with Crippen LogP contribution in [0.1, 0.15) is 62.6 Å². The summed E-state index contributed by atoms with van der Waals surface area (Å²) in [5.74, 6) is 0.205. The molecule has 170 valence electrons. The first-order valence-electron chi connectivity index (χ1n) is 11.0. The number of hydrogen-bond donors (Lipinski definition) is 4. The lowest BCUT2D eigenvalue weighted by atomic mass is 10.0. The molecule has 1 atom stereocenters. The lowest BCUT2D eigenvalue weighted by Gasteiger charge is -2.17. The van der Waals surface area contributed by atoms with E-state index in [0.29, 0.717) is 25.9 Å². The second-order valence-electron chi connectivity index (χ2n) is 8.01. The Morgan fingerprint density at radius 3 is 2.70 bits per heavy atom. The average Bonchev–Trinajstić information content (AvgIpc) is 2.70. The molecular formula is C21H36N4O4S. The molecule has 2 heterocycles. The van der Waals surface area contributed by atoms with Gasteiger partial charge >= 0.3 is 5.97 Å². The van der Waals surface area contributed by atoms with Crippen LogP contribution in [0.4, 0.5) is 5.82 Å². The van der Waals surface area contributed by atoms with Gasteiger partial charge in [0.05, 0.1) is 6.26 Å². The summed E-state index contributed by atoms with van der Waals surface area (Å²) >= 11 is 0. The summed E-state index contributed by atoms with van der Waals surface area (Å²) in [6.45, 7) is 1.79. The second-order valence-corrected chi connectivity index (χ2v) is 9.85. The van der Waals surface area contributed by atoms with Gasteiger partial charge in [-0.2, -0.15) is 0 Å². The molecule has 1 aliphatic heterocycles. The van der Waals surface area contributed by atoms with E-state index >= 15 is 0 Å². The van der Waals surface area contributed by atoms with Crippen molar-refractivity contribution in [2.24, 2.45) is 0 Å². The number of aliphatic carboxylic acids is 1. The summed E-state index contributed by atoms with van der Waals surface area (Å²) in [4.78, 5) is 16.1. The number of sulfonamides is 1. The topological polar surface area (TPSA) is 120 Å². The highest BCUT2D eigenvalue weighted by Crippen LogP contribution is 2.20. The third-order valence-corrected chi connectivity index (χ3v) is 6.01. The molecule has 1 unspecified atom stereocenters. The van der Waals surface area contributed by atoms with Crippen LogP contribution in [0.15, 0.2) is 12.1 Å². The van der Waals surface area contributed by atoms with Crippen molar-refractivity contribution in [1.29, 1.82) is 0 Å². The molecule has 30 heavy (non-hydrogen) atoms. The Balaban J connectivity index is 1.53. The van der Waals surface area contributed by atoms with Crippen molar-refractivity contribution in [3.05, 3.63) is 23.4 Å². The SMILES string of the molecule is CS(=O)(=O)NCCCNC(CCCCCCCc1ccc2c(n1)NCCC2)C(=O)O. The van der Waals surface area contributed by atoms with Crippen LogP contribution in [-0.2, 0) is 27.7 Å². The summed E-state index contributed by atoms with van der Waals surface area (Å²) in [5, 5.41) is 15.7. The lowest BCUT2D eigenvalue weighted by Crippen LogP contribution is -2.38. The van der Waals surface area contributed by atoms with E-state index in [-0.39, 0.29) is 0 Å². The average molecular weight is 441 g/mol. The molecule has 2 rings (SSSR count). The number of carboxylic acid groups (broad SMARTS) is 1. The predicted octanol–water partition coefficient (Wildman–Crippen LogP) is 2.30. The molecular weight excluding hydrogens is 404 g/mol. The number of pyridine rings is 1. The quantitative estimate of drug-likeness (QED) is 0.309. The molecule has 1 aromatic rings. The van der Waals surface area contributed by atoms with Gasteiger partial charge in [-0.05, 0) is 56.7 Å². The number of fused-ring (bicyclic) bond motifs is 1. The Labute approximate surface area is 180 Å². The third kappa shape index (κ3) is 9.86. The Bertz CT molecular complexity index is 770. The Kier molecular flexibility index (Phi) is 10.5. The van der Waals surface area contributed by atoms with Crippen LogP contribution in [-0.4, -0.2) is 56.4 Å². The van der Waals surface area contributed by atoms with Crippen molar-refractivity contribution in [2.45, 2.75) is 70.3 Å². The van der Waals surface area contributed by atoms with Crippen molar-refractivity contribution >= 4 is 21.8 Å². The molecule has 0 spiro atoms. The third-order valence-electron chi connectivity index (χ3n) is 5.28. The van der Waals surface area contributed by atoms with Gasteiger partial charge in [0, 0.05) is 18.8 Å². The number of anilines is 1. The molecule has 0 aliphatic carbocycles. The molecule has 1 aromatic heterocycles. The summed E-state index contributed by atoms with van der Waals surface area (Å²) in [5.41, 5.74) is 2.46. The van der Waals surface area contributed by atoms with E-state index in [1.54, 1.807) is 0 Å². The van der Waals surface area contributed by atoms with Gasteiger partial charge in [-0.25, -0.2) is 18.1 Å². The maximum atomic E-state index is 11.4. The molecule has 0 amide bonds. The fourth-order valence-electron chi connectivity index (χ4n) is 3.63. The van der Waals surface area contributed by atoms with Crippen LogP contribution in [0.3, 0.4) is 0 Å². The van der Waals surface area contributed by atoms with Crippen LogP contribution < -0.4 is 15.4 Å². The highest BCUT2D eigenvalue weighted by molar-refractivity contribution is 7.88. The largest absolute Gasteiger partial charge is 0.480 e. The van der Waals surface area contributed by atoms with E-state index < -0.39 is 22.0 Å². The maximum absolute atomic E-state index is 11.4. The lowest BCUT2D eigenvalue weighted by molar-refractivity contribution is -0.139. The van der Waals surface area contributed by atoms with Crippen molar-refractivity contribution in [3.8, 4) is 0 Å². The van der Waals surface area contributed by atoms with Gasteiger partial charge < -0.3 is 15.7 Å². The number of aromatic nitrogens is 1. The minimum atomic E-state index is -3.19. The Morgan fingerprint density at radius 2 is 1.93 bits per heavy atom. The number of rotatable bonds is 15. The van der Waals surface area contributed by atoms with Crippen LogP contribution >= 0.6 is 0 Å². The number of unbranched alkanes of at least 4 members (excludes halogenated alkanes) is 4. The highest BCUT2D eigenvalue weighted by Gasteiger charge is 2.15. The number of nitrogens with one attached hydrogen (secondary N) is 3. The summed E-state index contributed by atoms with van der Waals surface area (Å²) < 4.78 is 24.4. The Hall–Kier alpha value is -1.71. The van der Waals surface area contributed by atoms with Crippen LogP contribution in [0, 0.1) is 0 Å². The van der Waals surface area contributed by atoms with Crippen LogP contribution in [0.5, 0.6) is 0 Å². The Morgan fingerprint density at radius 1 is 1.17 bits per heavy atom. The minimum Gasteiger partial charge on any atom is -0.480 e. The molecule has 9 heteroatoms.